The number of aliphatic hydroxyl groups excluding tert-OH is 1. The molecule has 0 saturated carbocycles. The van der Waals surface area contributed by atoms with Gasteiger partial charge in [0.2, 0.25) is 5.95 Å². The van der Waals surface area contributed by atoms with Crippen LogP contribution in [0, 0.1) is 5.41 Å². The van der Waals surface area contributed by atoms with Gasteiger partial charge < -0.3 is 21.1 Å². The molecule has 0 aromatic carbocycles. The van der Waals surface area contributed by atoms with Gasteiger partial charge >= 0.3 is 0 Å². The van der Waals surface area contributed by atoms with Crippen molar-refractivity contribution in [3.63, 3.8) is 0 Å². The third-order valence-electron chi connectivity index (χ3n) is 5.25. The van der Waals surface area contributed by atoms with Crippen molar-refractivity contribution >= 4 is 11.9 Å². The fourth-order valence-electron chi connectivity index (χ4n) is 3.80. The van der Waals surface area contributed by atoms with E-state index in [1.54, 1.807) is 6.07 Å². The summed E-state index contributed by atoms with van der Waals surface area (Å²) in [6.07, 6.45) is 2.20. The Balaban J connectivity index is 1.82. The van der Waals surface area contributed by atoms with Crippen LogP contribution in [0.25, 0.3) is 0 Å². The normalized spacial score (nSPS) is 27.7. The molecular formula is C17H27N5O2. The number of carbonyl (C=O) groups excluding carboxylic acids is 1. The van der Waals surface area contributed by atoms with E-state index in [-0.39, 0.29) is 29.3 Å². The SMILES string of the molecule is CC(C)c1cc(C(=O)N2CCC[C@]3(CNCC[C@@H]3O)C2)nc(N)n1. The van der Waals surface area contributed by atoms with Crippen LogP contribution in [0.5, 0.6) is 0 Å². The Labute approximate surface area is 142 Å². The second kappa shape index (κ2) is 6.64. The molecule has 3 rings (SSSR count). The van der Waals surface area contributed by atoms with E-state index >= 15 is 0 Å². The van der Waals surface area contributed by atoms with Crippen molar-refractivity contribution in [1.82, 2.24) is 20.2 Å². The van der Waals surface area contributed by atoms with Gasteiger partial charge in [0.15, 0.2) is 0 Å². The van der Waals surface area contributed by atoms with Gasteiger partial charge in [0, 0.05) is 30.7 Å². The van der Waals surface area contributed by atoms with E-state index in [1.807, 2.05) is 18.7 Å². The molecule has 0 aliphatic carbocycles. The number of nitrogens with two attached hydrogens (primary N) is 1. The number of hydrogen-bond donors (Lipinski definition) is 3. The van der Waals surface area contributed by atoms with Gasteiger partial charge in [-0.1, -0.05) is 13.8 Å². The molecule has 1 aromatic rings. The zero-order valence-corrected chi connectivity index (χ0v) is 14.5. The summed E-state index contributed by atoms with van der Waals surface area (Å²) in [5, 5.41) is 13.9. The van der Waals surface area contributed by atoms with Crippen molar-refractivity contribution in [2.24, 2.45) is 5.41 Å². The molecule has 2 saturated heterocycles. The summed E-state index contributed by atoms with van der Waals surface area (Å²) in [7, 11) is 0. The van der Waals surface area contributed by atoms with Gasteiger partial charge in [-0.3, -0.25) is 4.79 Å². The molecule has 3 heterocycles. The van der Waals surface area contributed by atoms with Crippen molar-refractivity contribution in [3.8, 4) is 0 Å². The molecule has 0 radical (unpaired) electrons. The molecule has 2 aliphatic rings. The number of amides is 1. The van der Waals surface area contributed by atoms with Gasteiger partial charge in [0.1, 0.15) is 5.69 Å². The number of nitrogens with zero attached hydrogens (tertiary/aromatic N) is 3. The summed E-state index contributed by atoms with van der Waals surface area (Å²) in [6.45, 7) is 6.85. The number of likely N-dealkylation sites (tertiary alicyclic amines) is 1. The van der Waals surface area contributed by atoms with Crippen LogP contribution in [0.3, 0.4) is 0 Å². The van der Waals surface area contributed by atoms with Crippen LogP contribution >= 0.6 is 0 Å². The van der Waals surface area contributed by atoms with E-state index < -0.39 is 0 Å². The van der Waals surface area contributed by atoms with Crippen LogP contribution in [0.2, 0.25) is 0 Å². The Kier molecular flexibility index (Phi) is 4.73. The molecule has 24 heavy (non-hydrogen) atoms. The maximum atomic E-state index is 12.9. The first-order chi connectivity index (χ1) is 11.4. The Morgan fingerprint density at radius 2 is 2.29 bits per heavy atom. The molecule has 1 aromatic heterocycles. The number of nitrogen functional groups attached to an aromatic ring is 1. The molecule has 1 spiro atoms. The lowest BCUT2D eigenvalue weighted by atomic mass is 9.72. The van der Waals surface area contributed by atoms with E-state index in [2.05, 4.69) is 15.3 Å². The molecule has 2 atom stereocenters. The molecule has 0 unspecified atom stereocenters. The van der Waals surface area contributed by atoms with Gasteiger partial charge in [0.05, 0.1) is 6.10 Å². The third kappa shape index (κ3) is 3.23. The predicted molar refractivity (Wildman–Crippen MR) is 91.6 cm³/mol. The number of anilines is 1. The Bertz CT molecular complexity index is 617. The third-order valence-corrected chi connectivity index (χ3v) is 5.25. The zero-order chi connectivity index (χ0) is 17.3. The van der Waals surface area contributed by atoms with Crippen LogP contribution in [-0.2, 0) is 0 Å². The number of hydrogen-bond acceptors (Lipinski definition) is 6. The first-order valence-corrected chi connectivity index (χ1v) is 8.74. The average Bonchev–Trinajstić information content (AvgIpc) is 2.56. The van der Waals surface area contributed by atoms with Crippen LogP contribution in [0.4, 0.5) is 5.95 Å². The quantitative estimate of drug-likeness (QED) is 0.738. The van der Waals surface area contributed by atoms with Crippen molar-refractivity contribution < 1.29 is 9.90 Å². The standard InChI is InChI=1S/C17H27N5O2/c1-11(2)12-8-13(21-16(18)20-12)15(24)22-7-3-5-17(10-22)9-19-6-4-14(17)23/h8,11,14,19,23H,3-7,9-10H2,1-2H3,(H2,18,20,21)/t14-,17-/m0/s1. The molecule has 2 aliphatic heterocycles. The molecule has 132 valence electrons. The molecular weight excluding hydrogens is 306 g/mol. The highest BCUT2D eigenvalue weighted by Gasteiger charge is 2.44. The lowest BCUT2D eigenvalue weighted by molar-refractivity contribution is -0.0434. The Morgan fingerprint density at radius 3 is 3.00 bits per heavy atom. The zero-order valence-electron chi connectivity index (χ0n) is 14.5. The van der Waals surface area contributed by atoms with E-state index in [9.17, 15) is 9.90 Å². The molecule has 0 bridgehead atoms. The van der Waals surface area contributed by atoms with E-state index in [1.165, 1.54) is 0 Å². The van der Waals surface area contributed by atoms with Gasteiger partial charge in [-0.15, -0.1) is 0 Å². The van der Waals surface area contributed by atoms with Crippen molar-refractivity contribution in [2.45, 2.75) is 45.1 Å². The first-order valence-electron chi connectivity index (χ1n) is 8.74. The van der Waals surface area contributed by atoms with Crippen LogP contribution < -0.4 is 11.1 Å². The lowest BCUT2D eigenvalue weighted by Crippen LogP contribution is -2.58. The first kappa shape index (κ1) is 17.1. The minimum Gasteiger partial charge on any atom is -0.392 e. The summed E-state index contributed by atoms with van der Waals surface area (Å²) in [4.78, 5) is 23.1. The second-order valence-electron chi connectivity index (χ2n) is 7.36. The number of aliphatic hydroxyl groups is 1. The summed E-state index contributed by atoms with van der Waals surface area (Å²) in [5.41, 5.74) is 6.66. The number of nitrogens with one attached hydrogen (secondary N) is 1. The maximum Gasteiger partial charge on any atom is 0.272 e. The van der Waals surface area contributed by atoms with E-state index in [0.717, 1.165) is 38.0 Å². The highest BCUT2D eigenvalue weighted by molar-refractivity contribution is 5.92. The van der Waals surface area contributed by atoms with Gasteiger partial charge in [-0.05, 0) is 37.8 Å². The van der Waals surface area contributed by atoms with E-state index in [4.69, 9.17) is 5.73 Å². The fourth-order valence-corrected chi connectivity index (χ4v) is 3.80. The Morgan fingerprint density at radius 1 is 1.50 bits per heavy atom. The van der Waals surface area contributed by atoms with Crippen LogP contribution in [-0.4, -0.2) is 58.2 Å². The highest BCUT2D eigenvalue weighted by Crippen LogP contribution is 2.36. The predicted octanol–water partition coefficient (Wildman–Crippen LogP) is 0.759. The van der Waals surface area contributed by atoms with E-state index in [0.29, 0.717) is 18.8 Å². The molecule has 4 N–H and O–H groups in total. The second-order valence-corrected chi connectivity index (χ2v) is 7.36. The minimum atomic E-state index is -0.365. The summed E-state index contributed by atoms with van der Waals surface area (Å²) in [5.74, 6) is 0.192. The van der Waals surface area contributed by atoms with Crippen molar-refractivity contribution in [1.29, 1.82) is 0 Å². The van der Waals surface area contributed by atoms with Gasteiger partial charge in [-0.2, -0.15) is 0 Å². The smallest absolute Gasteiger partial charge is 0.272 e. The van der Waals surface area contributed by atoms with Crippen molar-refractivity contribution in [2.75, 3.05) is 31.9 Å². The molecule has 2 fully saturated rings. The lowest BCUT2D eigenvalue weighted by Gasteiger charge is -2.48. The van der Waals surface area contributed by atoms with Crippen LogP contribution in [0.1, 0.15) is 55.2 Å². The summed E-state index contributed by atoms with van der Waals surface area (Å²) >= 11 is 0. The topological polar surface area (TPSA) is 104 Å². The molecule has 7 heteroatoms. The number of aromatic nitrogens is 2. The number of carbonyl (C=O) groups is 1. The summed E-state index contributed by atoms with van der Waals surface area (Å²) in [6, 6.07) is 1.74. The largest absolute Gasteiger partial charge is 0.392 e. The highest BCUT2D eigenvalue weighted by atomic mass is 16.3. The van der Waals surface area contributed by atoms with Gasteiger partial charge in [0.25, 0.3) is 5.91 Å². The number of piperidine rings is 2. The molecule has 1 amide bonds. The van der Waals surface area contributed by atoms with Gasteiger partial charge in [-0.25, -0.2) is 9.97 Å². The van der Waals surface area contributed by atoms with Crippen molar-refractivity contribution in [3.05, 3.63) is 17.5 Å². The Hall–Kier alpha value is -1.73. The maximum absolute atomic E-state index is 12.9. The average molecular weight is 333 g/mol. The molecule has 7 nitrogen and oxygen atoms in total. The monoisotopic (exact) mass is 333 g/mol. The summed E-state index contributed by atoms with van der Waals surface area (Å²) < 4.78 is 0. The fraction of sp³-hybridized carbons (Fsp3) is 0.706. The van der Waals surface area contributed by atoms with Crippen LogP contribution in [0.15, 0.2) is 6.07 Å². The number of rotatable bonds is 2. The minimum absolute atomic E-state index is 0.122.